The lowest BCUT2D eigenvalue weighted by molar-refractivity contribution is 0.659. The summed E-state index contributed by atoms with van der Waals surface area (Å²) in [5.74, 6) is 0. The Morgan fingerprint density at radius 1 is 1.28 bits per heavy atom. The molecule has 25 heavy (non-hydrogen) atoms. The second-order valence-corrected chi connectivity index (χ2v) is 6.62. The number of rotatable bonds is 6. The maximum absolute atomic E-state index is 6.40. The van der Waals surface area contributed by atoms with Crippen molar-refractivity contribution in [1.29, 1.82) is 0 Å². The zero-order valence-corrected chi connectivity index (χ0v) is 15.2. The molecule has 0 amide bonds. The zero-order valence-electron chi connectivity index (χ0n) is 15.2. The number of hydrogen-bond acceptors (Lipinski definition) is 4. The van der Waals surface area contributed by atoms with Crippen molar-refractivity contribution in [2.75, 3.05) is 24.7 Å². The fraction of sp³-hybridized carbons (Fsp3) is 0.333. The predicted molar refractivity (Wildman–Crippen MR) is 106 cm³/mol. The van der Waals surface area contributed by atoms with Crippen molar-refractivity contribution in [1.82, 2.24) is 10.6 Å². The number of anilines is 1. The second-order valence-electron chi connectivity index (χ2n) is 6.62. The molecule has 4 N–H and O–H groups in total. The van der Waals surface area contributed by atoms with Gasteiger partial charge in [0.15, 0.2) is 0 Å². The number of nitrogens with zero attached hydrogens (tertiary/aromatic N) is 1. The minimum Gasteiger partial charge on any atom is -0.366 e. The highest BCUT2D eigenvalue weighted by atomic mass is 15.3. The van der Waals surface area contributed by atoms with Crippen LogP contribution in [0.1, 0.15) is 35.3 Å². The van der Waals surface area contributed by atoms with Gasteiger partial charge in [0.2, 0.25) is 0 Å². The number of benzene rings is 2. The molecule has 4 nitrogen and oxygen atoms in total. The maximum Gasteiger partial charge on any atom is 0.101 e. The quantitative estimate of drug-likeness (QED) is 0.710. The van der Waals surface area contributed by atoms with Crippen LogP contribution in [0.25, 0.3) is 5.70 Å². The van der Waals surface area contributed by atoms with Gasteiger partial charge in [0.05, 0.1) is 6.67 Å². The first kappa shape index (κ1) is 17.5. The van der Waals surface area contributed by atoms with Gasteiger partial charge >= 0.3 is 0 Å². The average molecular weight is 336 g/mol. The SMILES string of the molecule is C=C(NC(N)c1ccc(C)cc1CC)c1ccc(N2CCNC2)cc1. The van der Waals surface area contributed by atoms with Crippen molar-refractivity contribution in [3.63, 3.8) is 0 Å². The molecule has 1 aliphatic heterocycles. The molecule has 1 heterocycles. The Labute approximate surface area is 150 Å². The Balaban J connectivity index is 1.69. The summed E-state index contributed by atoms with van der Waals surface area (Å²) in [6.45, 7) is 11.4. The lowest BCUT2D eigenvalue weighted by atomic mass is 10.00. The van der Waals surface area contributed by atoms with Gasteiger partial charge < -0.3 is 16.0 Å². The molecule has 1 fully saturated rings. The minimum atomic E-state index is -0.259. The molecule has 0 saturated carbocycles. The first-order valence-corrected chi connectivity index (χ1v) is 8.95. The molecule has 1 unspecified atom stereocenters. The van der Waals surface area contributed by atoms with Gasteiger partial charge in [-0.05, 0) is 42.2 Å². The van der Waals surface area contributed by atoms with Crippen molar-refractivity contribution < 1.29 is 0 Å². The molecule has 0 bridgehead atoms. The highest BCUT2D eigenvalue weighted by Gasteiger charge is 2.13. The molecule has 0 aromatic heterocycles. The van der Waals surface area contributed by atoms with Crippen molar-refractivity contribution in [2.24, 2.45) is 5.73 Å². The summed E-state index contributed by atoms with van der Waals surface area (Å²) in [5.41, 5.74) is 13.2. The van der Waals surface area contributed by atoms with Crippen molar-refractivity contribution in [3.05, 3.63) is 71.3 Å². The van der Waals surface area contributed by atoms with E-state index in [2.05, 4.69) is 78.4 Å². The fourth-order valence-corrected chi connectivity index (χ4v) is 3.29. The monoisotopic (exact) mass is 336 g/mol. The summed E-state index contributed by atoms with van der Waals surface area (Å²) >= 11 is 0. The normalized spacial score (nSPS) is 15.2. The average Bonchev–Trinajstić information content (AvgIpc) is 3.16. The lowest BCUT2D eigenvalue weighted by Crippen LogP contribution is -2.28. The molecular weight excluding hydrogens is 308 g/mol. The molecule has 0 radical (unpaired) electrons. The van der Waals surface area contributed by atoms with Gasteiger partial charge in [0, 0.05) is 24.5 Å². The Morgan fingerprint density at radius 3 is 2.68 bits per heavy atom. The van der Waals surface area contributed by atoms with Crippen LogP contribution in [-0.4, -0.2) is 19.8 Å². The molecule has 4 heteroatoms. The third-order valence-corrected chi connectivity index (χ3v) is 4.79. The zero-order chi connectivity index (χ0) is 17.8. The van der Waals surface area contributed by atoms with Crippen molar-refractivity contribution >= 4 is 11.4 Å². The van der Waals surface area contributed by atoms with Crippen molar-refractivity contribution in [3.8, 4) is 0 Å². The van der Waals surface area contributed by atoms with Crippen LogP contribution in [0.5, 0.6) is 0 Å². The Kier molecular flexibility index (Phi) is 5.41. The lowest BCUT2D eigenvalue weighted by Gasteiger charge is -2.21. The van der Waals surface area contributed by atoms with E-state index in [1.54, 1.807) is 0 Å². The molecule has 1 saturated heterocycles. The predicted octanol–water partition coefficient (Wildman–Crippen LogP) is 3.14. The molecule has 1 atom stereocenters. The number of hydrogen-bond donors (Lipinski definition) is 3. The van der Waals surface area contributed by atoms with E-state index < -0.39 is 0 Å². The fourth-order valence-electron chi connectivity index (χ4n) is 3.29. The molecule has 132 valence electrons. The number of aryl methyl sites for hydroxylation is 2. The van der Waals surface area contributed by atoms with E-state index in [4.69, 9.17) is 5.73 Å². The van der Waals surface area contributed by atoms with Gasteiger partial charge in [-0.15, -0.1) is 0 Å². The van der Waals surface area contributed by atoms with Gasteiger partial charge in [-0.1, -0.05) is 49.4 Å². The van der Waals surface area contributed by atoms with Crippen LogP contribution in [0.3, 0.4) is 0 Å². The number of nitrogens with two attached hydrogens (primary N) is 1. The molecule has 1 aliphatic rings. The first-order valence-electron chi connectivity index (χ1n) is 8.95. The van der Waals surface area contributed by atoms with E-state index >= 15 is 0 Å². The van der Waals surface area contributed by atoms with Crippen LogP contribution in [0.4, 0.5) is 5.69 Å². The van der Waals surface area contributed by atoms with E-state index in [1.165, 1.54) is 16.8 Å². The number of nitrogens with one attached hydrogen (secondary N) is 2. The topological polar surface area (TPSA) is 53.3 Å². The van der Waals surface area contributed by atoms with Crippen LogP contribution in [0.2, 0.25) is 0 Å². The van der Waals surface area contributed by atoms with E-state index in [-0.39, 0.29) is 6.17 Å². The molecule has 2 aromatic carbocycles. The molecule has 0 spiro atoms. The largest absolute Gasteiger partial charge is 0.366 e. The highest BCUT2D eigenvalue weighted by Crippen LogP contribution is 2.22. The van der Waals surface area contributed by atoms with E-state index in [1.807, 2.05) is 0 Å². The Morgan fingerprint density at radius 2 is 2.04 bits per heavy atom. The molecular formula is C21H28N4. The summed E-state index contributed by atoms with van der Waals surface area (Å²) in [7, 11) is 0. The summed E-state index contributed by atoms with van der Waals surface area (Å²) in [5, 5.41) is 6.70. The Bertz CT molecular complexity index is 730. The van der Waals surface area contributed by atoms with Gasteiger partial charge in [-0.2, -0.15) is 0 Å². The van der Waals surface area contributed by atoms with E-state index in [0.29, 0.717) is 0 Å². The van der Waals surface area contributed by atoms with Gasteiger partial charge in [0.1, 0.15) is 6.17 Å². The summed E-state index contributed by atoms with van der Waals surface area (Å²) in [6.07, 6.45) is 0.711. The van der Waals surface area contributed by atoms with Crippen LogP contribution in [-0.2, 0) is 6.42 Å². The summed E-state index contributed by atoms with van der Waals surface area (Å²) in [4.78, 5) is 2.32. The van der Waals surface area contributed by atoms with Gasteiger partial charge in [0.25, 0.3) is 0 Å². The smallest absolute Gasteiger partial charge is 0.101 e. The molecule has 0 aliphatic carbocycles. The second kappa shape index (κ2) is 7.72. The Hall–Kier alpha value is -2.30. The van der Waals surface area contributed by atoms with Crippen molar-refractivity contribution in [2.45, 2.75) is 26.4 Å². The highest BCUT2D eigenvalue weighted by molar-refractivity contribution is 5.65. The van der Waals surface area contributed by atoms with Gasteiger partial charge in [-0.25, -0.2) is 0 Å². The van der Waals surface area contributed by atoms with E-state index in [9.17, 15) is 0 Å². The maximum atomic E-state index is 6.40. The van der Waals surface area contributed by atoms with Crippen LogP contribution >= 0.6 is 0 Å². The van der Waals surface area contributed by atoms with Gasteiger partial charge in [-0.3, -0.25) is 5.32 Å². The third kappa shape index (κ3) is 4.03. The van der Waals surface area contributed by atoms with Crippen LogP contribution < -0.4 is 21.3 Å². The molecule has 3 rings (SSSR count). The first-order chi connectivity index (χ1) is 12.1. The summed E-state index contributed by atoms with van der Waals surface area (Å²) in [6, 6.07) is 14.9. The van der Waals surface area contributed by atoms with Crippen LogP contribution in [0.15, 0.2) is 49.0 Å². The van der Waals surface area contributed by atoms with E-state index in [0.717, 1.165) is 43.0 Å². The molecule has 2 aromatic rings. The standard InChI is InChI=1S/C21H28N4/c1-4-17-13-15(2)5-10-20(17)21(22)24-16(3)18-6-8-19(9-7-18)25-12-11-23-14-25/h5-10,13,21,23-24H,3-4,11-12,14,22H2,1-2H3. The summed E-state index contributed by atoms with van der Waals surface area (Å²) < 4.78 is 0. The minimum absolute atomic E-state index is 0.259. The third-order valence-electron chi connectivity index (χ3n) is 4.79. The van der Waals surface area contributed by atoms with Crippen LogP contribution in [0, 0.1) is 6.92 Å².